The summed E-state index contributed by atoms with van der Waals surface area (Å²) in [4.78, 5) is 16.6. The van der Waals surface area contributed by atoms with E-state index < -0.39 is 5.54 Å². The molecule has 1 aliphatic carbocycles. The van der Waals surface area contributed by atoms with Gasteiger partial charge >= 0.3 is 5.97 Å². The Balaban J connectivity index is 2.25. The molecule has 1 aromatic heterocycles. The molecule has 1 unspecified atom stereocenters. The number of rotatable bonds is 7. The van der Waals surface area contributed by atoms with Crippen LogP contribution in [0.5, 0.6) is 0 Å². The number of aromatic nitrogens is 2. The number of nitrogens with zero attached hydrogens (tertiary/aromatic N) is 2. The SMILES string of the molecule is CCCNC(Cn1ccnc1C)(C(=O)OC)C1CC1. The Kier molecular flexibility index (Phi) is 4.24. The van der Waals surface area contributed by atoms with Gasteiger partial charge in [0.05, 0.1) is 13.7 Å². The first-order valence-electron chi connectivity index (χ1n) is 6.95. The molecule has 0 bridgehead atoms. The number of aryl methyl sites for hydroxylation is 1. The molecule has 1 atom stereocenters. The summed E-state index contributed by atoms with van der Waals surface area (Å²) in [6, 6.07) is 0. The minimum absolute atomic E-state index is 0.156. The van der Waals surface area contributed by atoms with Gasteiger partial charge in [0, 0.05) is 12.4 Å². The van der Waals surface area contributed by atoms with Crippen LogP contribution in [-0.4, -0.2) is 34.7 Å². The van der Waals surface area contributed by atoms with Crippen LogP contribution in [0.15, 0.2) is 12.4 Å². The lowest BCUT2D eigenvalue weighted by Crippen LogP contribution is -2.57. The Labute approximate surface area is 114 Å². The maximum absolute atomic E-state index is 12.3. The van der Waals surface area contributed by atoms with Crippen molar-refractivity contribution in [2.45, 2.75) is 45.2 Å². The summed E-state index contributed by atoms with van der Waals surface area (Å²) in [5, 5.41) is 3.44. The first-order valence-corrected chi connectivity index (χ1v) is 6.95. The molecule has 1 aliphatic rings. The number of carbonyl (C=O) groups excluding carboxylic acids is 1. The van der Waals surface area contributed by atoms with Crippen LogP contribution in [0.4, 0.5) is 0 Å². The molecule has 0 amide bonds. The van der Waals surface area contributed by atoms with Crippen LogP contribution in [0, 0.1) is 12.8 Å². The minimum Gasteiger partial charge on any atom is -0.468 e. The fourth-order valence-electron chi connectivity index (χ4n) is 2.58. The summed E-state index contributed by atoms with van der Waals surface area (Å²) >= 11 is 0. The maximum atomic E-state index is 12.3. The molecule has 0 aromatic carbocycles. The largest absolute Gasteiger partial charge is 0.468 e. The highest BCUT2D eigenvalue weighted by atomic mass is 16.5. The zero-order valence-electron chi connectivity index (χ0n) is 12.0. The average Bonchev–Trinajstić information content (AvgIpc) is 3.19. The predicted octanol–water partition coefficient (Wildman–Crippen LogP) is 1.51. The zero-order chi connectivity index (χ0) is 13.9. The van der Waals surface area contributed by atoms with Gasteiger partial charge in [-0.15, -0.1) is 0 Å². The van der Waals surface area contributed by atoms with E-state index in [-0.39, 0.29) is 5.97 Å². The van der Waals surface area contributed by atoms with Crippen LogP contribution in [0.25, 0.3) is 0 Å². The van der Waals surface area contributed by atoms with Gasteiger partial charge in [-0.05, 0) is 38.6 Å². The second kappa shape index (κ2) is 5.74. The van der Waals surface area contributed by atoms with E-state index in [9.17, 15) is 4.79 Å². The number of imidazole rings is 1. The second-order valence-electron chi connectivity index (χ2n) is 5.27. The molecular weight excluding hydrogens is 242 g/mol. The van der Waals surface area contributed by atoms with Gasteiger partial charge in [-0.1, -0.05) is 6.92 Å². The lowest BCUT2D eigenvalue weighted by Gasteiger charge is -2.33. The summed E-state index contributed by atoms with van der Waals surface area (Å²) in [5.41, 5.74) is -0.601. The number of methoxy groups -OCH3 is 1. The maximum Gasteiger partial charge on any atom is 0.328 e. The fraction of sp³-hybridized carbons (Fsp3) is 0.714. The Morgan fingerprint density at radius 3 is 2.84 bits per heavy atom. The third kappa shape index (κ3) is 2.81. The van der Waals surface area contributed by atoms with Crippen LogP contribution < -0.4 is 5.32 Å². The number of esters is 1. The normalized spacial score (nSPS) is 18.1. The summed E-state index contributed by atoms with van der Waals surface area (Å²) < 4.78 is 7.09. The van der Waals surface area contributed by atoms with E-state index in [0.29, 0.717) is 12.5 Å². The highest BCUT2D eigenvalue weighted by molar-refractivity contribution is 5.81. The van der Waals surface area contributed by atoms with Crippen LogP contribution in [0.1, 0.15) is 32.0 Å². The molecular formula is C14H23N3O2. The van der Waals surface area contributed by atoms with Crippen molar-refractivity contribution in [3.05, 3.63) is 18.2 Å². The van der Waals surface area contributed by atoms with E-state index in [4.69, 9.17) is 4.74 Å². The predicted molar refractivity (Wildman–Crippen MR) is 72.7 cm³/mol. The van der Waals surface area contributed by atoms with Gasteiger partial charge in [-0.25, -0.2) is 9.78 Å². The van der Waals surface area contributed by atoms with E-state index in [1.807, 2.05) is 17.7 Å². The monoisotopic (exact) mass is 265 g/mol. The lowest BCUT2D eigenvalue weighted by atomic mass is 9.92. The first-order chi connectivity index (χ1) is 9.14. The zero-order valence-corrected chi connectivity index (χ0v) is 12.0. The fourth-order valence-corrected chi connectivity index (χ4v) is 2.58. The molecule has 2 rings (SSSR count). The van der Waals surface area contributed by atoms with E-state index in [1.165, 1.54) is 7.11 Å². The number of ether oxygens (including phenoxy) is 1. The van der Waals surface area contributed by atoms with Gasteiger partial charge in [-0.3, -0.25) is 0 Å². The molecule has 1 saturated carbocycles. The van der Waals surface area contributed by atoms with Gasteiger partial charge < -0.3 is 14.6 Å². The molecule has 1 N–H and O–H groups in total. The molecule has 1 aromatic rings. The molecule has 5 nitrogen and oxygen atoms in total. The van der Waals surface area contributed by atoms with Crippen molar-refractivity contribution in [1.29, 1.82) is 0 Å². The molecule has 5 heteroatoms. The molecule has 0 radical (unpaired) electrons. The third-order valence-electron chi connectivity index (χ3n) is 3.86. The summed E-state index contributed by atoms with van der Waals surface area (Å²) in [6.45, 7) is 5.47. The minimum atomic E-state index is -0.601. The standard InChI is InChI=1S/C14H23N3O2/c1-4-7-16-14(12-5-6-12,13(18)19-3)10-17-9-8-15-11(17)2/h8-9,12,16H,4-7,10H2,1-3H3. The van der Waals surface area contributed by atoms with Crippen molar-refractivity contribution in [2.75, 3.05) is 13.7 Å². The number of nitrogens with one attached hydrogen (secondary N) is 1. The Bertz CT molecular complexity index is 440. The molecule has 0 aliphatic heterocycles. The number of hydrogen-bond acceptors (Lipinski definition) is 4. The molecule has 1 fully saturated rings. The summed E-state index contributed by atoms with van der Waals surface area (Å²) in [6.07, 6.45) is 6.85. The van der Waals surface area contributed by atoms with Crippen LogP contribution in [0.2, 0.25) is 0 Å². The molecule has 106 valence electrons. The van der Waals surface area contributed by atoms with Crippen molar-refractivity contribution < 1.29 is 9.53 Å². The first kappa shape index (κ1) is 14.1. The molecule has 19 heavy (non-hydrogen) atoms. The van der Waals surface area contributed by atoms with Crippen LogP contribution >= 0.6 is 0 Å². The van der Waals surface area contributed by atoms with Crippen molar-refractivity contribution in [3.8, 4) is 0 Å². The summed E-state index contributed by atoms with van der Waals surface area (Å²) in [7, 11) is 1.47. The topological polar surface area (TPSA) is 56.2 Å². The number of carbonyl (C=O) groups is 1. The van der Waals surface area contributed by atoms with Crippen molar-refractivity contribution in [1.82, 2.24) is 14.9 Å². The Morgan fingerprint density at radius 2 is 2.37 bits per heavy atom. The molecule has 0 spiro atoms. The van der Waals surface area contributed by atoms with Gasteiger partial charge in [0.15, 0.2) is 0 Å². The van der Waals surface area contributed by atoms with Crippen molar-refractivity contribution in [2.24, 2.45) is 5.92 Å². The Hall–Kier alpha value is -1.36. The Morgan fingerprint density at radius 1 is 1.63 bits per heavy atom. The van der Waals surface area contributed by atoms with Crippen molar-refractivity contribution in [3.63, 3.8) is 0 Å². The van der Waals surface area contributed by atoms with Gasteiger partial charge in [0.2, 0.25) is 0 Å². The van der Waals surface area contributed by atoms with E-state index in [0.717, 1.165) is 31.6 Å². The van der Waals surface area contributed by atoms with E-state index in [2.05, 4.69) is 17.2 Å². The van der Waals surface area contributed by atoms with Gasteiger partial charge in [-0.2, -0.15) is 0 Å². The highest BCUT2D eigenvalue weighted by Crippen LogP contribution is 2.41. The van der Waals surface area contributed by atoms with E-state index in [1.54, 1.807) is 6.20 Å². The molecule has 0 saturated heterocycles. The molecule has 1 heterocycles. The average molecular weight is 265 g/mol. The quantitative estimate of drug-likeness (QED) is 0.759. The lowest BCUT2D eigenvalue weighted by molar-refractivity contribution is -0.150. The second-order valence-corrected chi connectivity index (χ2v) is 5.27. The van der Waals surface area contributed by atoms with Gasteiger partial charge in [0.25, 0.3) is 0 Å². The van der Waals surface area contributed by atoms with Crippen LogP contribution in [-0.2, 0) is 16.1 Å². The smallest absolute Gasteiger partial charge is 0.328 e. The highest BCUT2D eigenvalue weighted by Gasteiger charge is 2.51. The van der Waals surface area contributed by atoms with Crippen molar-refractivity contribution >= 4 is 5.97 Å². The summed E-state index contributed by atoms with van der Waals surface area (Å²) in [5.74, 6) is 1.14. The van der Waals surface area contributed by atoms with Crippen LogP contribution in [0.3, 0.4) is 0 Å². The third-order valence-corrected chi connectivity index (χ3v) is 3.86. The number of hydrogen-bond donors (Lipinski definition) is 1. The van der Waals surface area contributed by atoms with Gasteiger partial charge in [0.1, 0.15) is 11.4 Å². The van der Waals surface area contributed by atoms with E-state index >= 15 is 0 Å².